The molecule has 1 rings (SSSR count). The van der Waals surface area contributed by atoms with E-state index in [4.69, 9.17) is 28.4 Å². The van der Waals surface area contributed by atoms with Gasteiger partial charge in [-0.25, -0.2) is 4.79 Å². The fourth-order valence-corrected chi connectivity index (χ4v) is 3.21. The Bertz CT molecular complexity index is 653. The van der Waals surface area contributed by atoms with Gasteiger partial charge >= 0.3 is 12.1 Å². The number of nitrogens with one attached hydrogen (secondary N) is 2. The van der Waals surface area contributed by atoms with E-state index < -0.39 is 74.1 Å². The number of hydrogen-bond donors (Lipinski definition) is 6. The van der Waals surface area contributed by atoms with Crippen LogP contribution in [0.4, 0.5) is 4.79 Å². The summed E-state index contributed by atoms with van der Waals surface area (Å²) >= 11 is 0. The van der Waals surface area contributed by atoms with Crippen molar-refractivity contribution in [3.8, 4) is 0 Å². The summed E-state index contributed by atoms with van der Waals surface area (Å²) in [6.45, 7) is 2.59. The lowest BCUT2D eigenvalue weighted by Gasteiger charge is -2.47. The van der Waals surface area contributed by atoms with Crippen LogP contribution in [0.1, 0.15) is 20.3 Å². The molecule has 1 saturated heterocycles. The van der Waals surface area contributed by atoms with E-state index >= 15 is 0 Å². The van der Waals surface area contributed by atoms with Crippen molar-refractivity contribution in [1.82, 2.24) is 10.6 Å². The van der Waals surface area contributed by atoms with Crippen LogP contribution in [0.3, 0.4) is 0 Å². The molecule has 0 radical (unpaired) electrons. The Morgan fingerprint density at radius 1 is 1.20 bits per heavy atom. The largest absolute Gasteiger partial charge is 0.447 e. The molecule has 0 saturated carbocycles. The molecule has 0 aromatic heterocycles. The van der Waals surface area contributed by atoms with Crippen molar-refractivity contribution >= 4 is 18.5 Å². The predicted octanol–water partition coefficient (Wildman–Crippen LogP) is -3.02. The molecule has 15 heteroatoms. The van der Waals surface area contributed by atoms with E-state index in [9.17, 15) is 34.8 Å². The summed E-state index contributed by atoms with van der Waals surface area (Å²) in [5, 5.41) is 44.9. The van der Waals surface area contributed by atoms with Crippen LogP contribution < -0.4 is 10.6 Å². The van der Waals surface area contributed by atoms with E-state index in [1.54, 1.807) is 13.8 Å². The first-order valence-corrected chi connectivity index (χ1v) is 11.0. The Morgan fingerprint density at radius 2 is 1.89 bits per heavy atom. The molecular weight excluding hydrogens is 476 g/mol. The fraction of sp³-hybridized carbons (Fsp3) is 0.850. The summed E-state index contributed by atoms with van der Waals surface area (Å²) < 4.78 is 30.8. The van der Waals surface area contributed by atoms with Crippen molar-refractivity contribution in [1.29, 1.82) is 0 Å². The molecule has 0 spiro atoms. The monoisotopic (exact) mass is 512 g/mol. The predicted molar refractivity (Wildman–Crippen MR) is 115 cm³/mol. The molecule has 1 heterocycles. The summed E-state index contributed by atoms with van der Waals surface area (Å²) in [5.41, 5.74) is 0. The minimum absolute atomic E-state index is 0.0259. The number of aliphatic hydroxyl groups excluding tert-OH is 4. The highest BCUT2D eigenvalue weighted by molar-refractivity contribution is 5.82. The van der Waals surface area contributed by atoms with Crippen molar-refractivity contribution in [2.24, 2.45) is 0 Å². The summed E-state index contributed by atoms with van der Waals surface area (Å²) in [4.78, 5) is 35.1. The molecule has 6 unspecified atom stereocenters. The lowest BCUT2D eigenvalue weighted by Crippen LogP contribution is -2.67. The Balaban J connectivity index is 2.77. The zero-order valence-electron chi connectivity index (χ0n) is 20.0. The van der Waals surface area contributed by atoms with Crippen LogP contribution in [0, 0.1) is 0 Å². The molecule has 0 aromatic carbocycles. The van der Waals surface area contributed by atoms with Gasteiger partial charge in [0.05, 0.1) is 51.1 Å². The van der Waals surface area contributed by atoms with Crippen molar-refractivity contribution < 1.29 is 63.2 Å². The van der Waals surface area contributed by atoms with E-state index in [0.717, 1.165) is 0 Å². The topological polar surface area (TPSA) is 212 Å². The lowest BCUT2D eigenvalue weighted by molar-refractivity contribution is -0.417. The highest BCUT2D eigenvalue weighted by atomic mass is 16.9. The standard InChI is InChI=1S/C20H36N2O13/c1-12(2)34-20(33-11-24)8-13(25)16(18(35-20)17(28)14(26)10-23)22-15(27)9-21-19(29)32-7-6-31-5-4-30-3/h11-14,16-18,23,25-26,28H,4-10H2,1-3H3,(H,21,29)(H,22,27). The second kappa shape index (κ2) is 15.8. The van der Waals surface area contributed by atoms with Gasteiger partial charge in [0, 0.05) is 7.11 Å². The molecule has 15 nitrogen and oxygen atoms in total. The van der Waals surface area contributed by atoms with Crippen molar-refractivity contribution in [3.63, 3.8) is 0 Å². The highest BCUT2D eigenvalue weighted by Crippen LogP contribution is 2.34. The Labute approximate surface area is 202 Å². The number of amides is 2. The van der Waals surface area contributed by atoms with Gasteiger partial charge in [-0.3, -0.25) is 9.59 Å². The zero-order valence-corrected chi connectivity index (χ0v) is 20.0. The highest BCUT2D eigenvalue weighted by Gasteiger charge is 2.53. The van der Waals surface area contributed by atoms with Gasteiger partial charge in [-0.05, 0) is 13.8 Å². The molecular formula is C20H36N2O13. The third kappa shape index (κ3) is 10.6. The Hall–Kier alpha value is -2.11. The van der Waals surface area contributed by atoms with Gasteiger partial charge in [0.1, 0.15) is 31.5 Å². The van der Waals surface area contributed by atoms with Crippen molar-refractivity contribution in [2.75, 3.05) is 46.7 Å². The molecule has 1 aliphatic rings. The molecule has 6 N–H and O–H groups in total. The van der Waals surface area contributed by atoms with E-state index in [1.165, 1.54) is 7.11 Å². The van der Waals surface area contributed by atoms with Gasteiger partial charge in [0.25, 0.3) is 6.47 Å². The first-order chi connectivity index (χ1) is 16.6. The summed E-state index contributed by atoms with van der Waals surface area (Å²) in [7, 11) is 1.52. The van der Waals surface area contributed by atoms with E-state index in [1.807, 2.05) is 0 Å². The maximum Gasteiger partial charge on any atom is 0.407 e. The lowest BCUT2D eigenvalue weighted by atomic mass is 9.91. The number of alkyl carbamates (subject to hydrolysis) is 1. The molecule has 0 bridgehead atoms. The van der Waals surface area contributed by atoms with Crippen LogP contribution in [-0.4, -0.2) is 128 Å². The van der Waals surface area contributed by atoms with Gasteiger partial charge < -0.3 is 59.5 Å². The maximum absolute atomic E-state index is 12.4. The third-order valence-corrected chi connectivity index (χ3v) is 4.72. The zero-order chi connectivity index (χ0) is 26.4. The molecule has 0 aromatic rings. The molecule has 2 amide bonds. The number of carbonyl (C=O) groups excluding carboxylic acids is 3. The van der Waals surface area contributed by atoms with E-state index in [0.29, 0.717) is 13.2 Å². The normalized spacial score (nSPS) is 26.0. The van der Waals surface area contributed by atoms with Gasteiger partial charge in [-0.2, -0.15) is 0 Å². The van der Waals surface area contributed by atoms with Crippen LogP contribution in [0.15, 0.2) is 0 Å². The fourth-order valence-electron chi connectivity index (χ4n) is 3.21. The Kier molecular flexibility index (Phi) is 14.0. The summed E-state index contributed by atoms with van der Waals surface area (Å²) in [6, 6.07) is -1.34. The average Bonchev–Trinajstić information content (AvgIpc) is 2.80. The van der Waals surface area contributed by atoms with Gasteiger partial charge in [0.15, 0.2) is 0 Å². The minimum atomic E-state index is -2.12. The molecule has 1 fully saturated rings. The van der Waals surface area contributed by atoms with Crippen LogP contribution >= 0.6 is 0 Å². The van der Waals surface area contributed by atoms with Gasteiger partial charge in [-0.1, -0.05) is 0 Å². The number of aliphatic hydroxyl groups is 4. The van der Waals surface area contributed by atoms with Crippen LogP contribution in [0.5, 0.6) is 0 Å². The van der Waals surface area contributed by atoms with Crippen LogP contribution in [0.2, 0.25) is 0 Å². The number of ether oxygens (including phenoxy) is 6. The first-order valence-electron chi connectivity index (χ1n) is 11.0. The van der Waals surface area contributed by atoms with E-state index in [-0.39, 0.29) is 19.7 Å². The smallest absolute Gasteiger partial charge is 0.407 e. The second-order valence-corrected chi connectivity index (χ2v) is 7.85. The van der Waals surface area contributed by atoms with Crippen LogP contribution in [0.25, 0.3) is 0 Å². The third-order valence-electron chi connectivity index (χ3n) is 4.72. The number of rotatable bonds is 16. The summed E-state index contributed by atoms with van der Waals surface area (Å²) in [6.07, 6.45) is -8.53. The molecule has 1 aliphatic heterocycles. The van der Waals surface area contributed by atoms with Gasteiger partial charge in [-0.15, -0.1) is 0 Å². The van der Waals surface area contributed by atoms with Gasteiger partial charge in [0.2, 0.25) is 5.91 Å². The number of hydrogen-bond acceptors (Lipinski definition) is 13. The first kappa shape index (κ1) is 30.9. The van der Waals surface area contributed by atoms with Crippen LogP contribution in [-0.2, 0) is 38.0 Å². The quantitative estimate of drug-likeness (QED) is 0.0691. The SMILES string of the molecule is COCCOCCOC(=O)NCC(=O)NC1C(O)CC(OC=O)(OC(C)C)OC1C(O)C(O)CO. The minimum Gasteiger partial charge on any atom is -0.447 e. The molecule has 204 valence electrons. The average molecular weight is 513 g/mol. The van der Waals surface area contributed by atoms with E-state index in [2.05, 4.69) is 10.6 Å². The Morgan fingerprint density at radius 3 is 2.49 bits per heavy atom. The van der Waals surface area contributed by atoms with Crippen molar-refractivity contribution in [3.05, 3.63) is 0 Å². The number of methoxy groups -OCH3 is 1. The number of carbonyl (C=O) groups is 3. The summed E-state index contributed by atoms with van der Waals surface area (Å²) in [5.74, 6) is -2.92. The second-order valence-electron chi connectivity index (χ2n) is 7.85. The molecule has 35 heavy (non-hydrogen) atoms. The maximum atomic E-state index is 12.4. The van der Waals surface area contributed by atoms with Crippen molar-refractivity contribution in [2.45, 2.75) is 62.8 Å². The molecule has 6 atom stereocenters. The molecule has 0 aliphatic carbocycles.